The van der Waals surface area contributed by atoms with Crippen LogP contribution in [0.1, 0.15) is 20.7 Å². The van der Waals surface area contributed by atoms with E-state index in [1.54, 1.807) is 0 Å². The molecule has 0 saturated carbocycles. The van der Waals surface area contributed by atoms with Gasteiger partial charge in [-0.1, -0.05) is 0 Å². The maximum absolute atomic E-state index is 11.1. The minimum atomic E-state index is -1.40. The third kappa shape index (κ3) is 3.67. The minimum Gasteiger partial charge on any atom is -0.478 e. The minimum absolute atomic E-state index is 0.366. The lowest BCUT2D eigenvalue weighted by atomic mass is 10.1. The highest BCUT2D eigenvalue weighted by Crippen LogP contribution is 2.37. The lowest BCUT2D eigenvalue weighted by Gasteiger charge is -2.08. The summed E-state index contributed by atoms with van der Waals surface area (Å²) in [4.78, 5) is 42.1. The second kappa shape index (κ2) is 6.62. The number of nitro benzene ring substituents is 2. The average Bonchev–Trinajstić information content (AvgIpc) is 2.54. The molecule has 0 spiro atoms. The van der Waals surface area contributed by atoms with E-state index < -0.39 is 44.7 Å². The number of nitro groups is 2. The number of carbonyl (C=O) groups is 2. The first kappa shape index (κ1) is 17.3. The summed E-state index contributed by atoms with van der Waals surface area (Å²) in [6.07, 6.45) is 0. The zero-order chi connectivity index (χ0) is 18.7. The number of ether oxygens (including phenoxy) is 1. The molecule has 0 unspecified atom stereocenters. The smallest absolute Gasteiger partial charge is 0.335 e. The Balaban J connectivity index is 2.52. The van der Waals surface area contributed by atoms with Crippen molar-refractivity contribution >= 4 is 23.3 Å². The van der Waals surface area contributed by atoms with E-state index in [-0.39, 0.29) is 11.1 Å². The van der Waals surface area contributed by atoms with Crippen LogP contribution < -0.4 is 4.74 Å². The molecule has 11 nitrogen and oxygen atoms in total. The number of aromatic carboxylic acids is 2. The van der Waals surface area contributed by atoms with E-state index in [0.717, 1.165) is 36.4 Å². The quantitative estimate of drug-likeness (QED) is 0.588. The van der Waals surface area contributed by atoms with Gasteiger partial charge in [0.05, 0.1) is 21.0 Å². The van der Waals surface area contributed by atoms with Gasteiger partial charge in [0.15, 0.2) is 0 Å². The van der Waals surface area contributed by atoms with Gasteiger partial charge in [0.1, 0.15) is 0 Å². The summed E-state index contributed by atoms with van der Waals surface area (Å²) < 4.78 is 5.16. The third-order valence-electron chi connectivity index (χ3n) is 3.03. The number of carboxylic acids is 2. The maximum atomic E-state index is 11.1. The first-order chi connectivity index (χ1) is 11.7. The molecule has 0 aliphatic carbocycles. The molecule has 0 aromatic heterocycles. The summed E-state index contributed by atoms with van der Waals surface area (Å²) in [7, 11) is 0. The first-order valence-electron chi connectivity index (χ1n) is 6.42. The van der Waals surface area contributed by atoms with Crippen LogP contribution in [0.2, 0.25) is 0 Å². The molecule has 128 valence electrons. The van der Waals surface area contributed by atoms with E-state index in [1.165, 1.54) is 0 Å². The molecular formula is C14H8N2O9. The van der Waals surface area contributed by atoms with Gasteiger partial charge in [0.2, 0.25) is 11.5 Å². The van der Waals surface area contributed by atoms with Crippen molar-refractivity contribution in [1.29, 1.82) is 0 Å². The second-order valence-corrected chi connectivity index (χ2v) is 4.59. The molecule has 0 aliphatic rings. The molecule has 0 amide bonds. The Morgan fingerprint density at radius 2 is 1.16 bits per heavy atom. The molecule has 11 heteroatoms. The van der Waals surface area contributed by atoms with Crippen molar-refractivity contribution in [3.8, 4) is 11.5 Å². The highest BCUT2D eigenvalue weighted by atomic mass is 16.6. The van der Waals surface area contributed by atoms with Crippen LogP contribution in [0.15, 0.2) is 36.4 Å². The number of nitrogens with zero attached hydrogens (tertiary/aromatic N) is 2. The van der Waals surface area contributed by atoms with Gasteiger partial charge in [-0.15, -0.1) is 0 Å². The monoisotopic (exact) mass is 348 g/mol. The Morgan fingerprint density at radius 3 is 1.44 bits per heavy atom. The maximum Gasteiger partial charge on any atom is 0.335 e. The highest BCUT2D eigenvalue weighted by molar-refractivity contribution is 5.89. The Hall–Kier alpha value is -4.02. The molecule has 2 rings (SSSR count). The molecule has 0 aliphatic heterocycles. The molecule has 0 heterocycles. The fourth-order valence-electron chi connectivity index (χ4n) is 1.88. The third-order valence-corrected chi connectivity index (χ3v) is 3.03. The number of benzene rings is 2. The Kier molecular flexibility index (Phi) is 4.59. The van der Waals surface area contributed by atoms with Gasteiger partial charge in [-0.3, -0.25) is 20.2 Å². The summed E-state index contributed by atoms with van der Waals surface area (Å²) in [5.74, 6) is -3.65. The van der Waals surface area contributed by atoms with E-state index >= 15 is 0 Å². The van der Waals surface area contributed by atoms with Gasteiger partial charge >= 0.3 is 23.3 Å². The fourth-order valence-corrected chi connectivity index (χ4v) is 1.88. The van der Waals surface area contributed by atoms with Crippen LogP contribution in [0, 0.1) is 20.2 Å². The van der Waals surface area contributed by atoms with Crippen LogP contribution in [-0.4, -0.2) is 32.0 Å². The van der Waals surface area contributed by atoms with Crippen molar-refractivity contribution in [1.82, 2.24) is 0 Å². The molecule has 2 aromatic carbocycles. The predicted molar refractivity (Wildman–Crippen MR) is 80.2 cm³/mol. The van der Waals surface area contributed by atoms with Gasteiger partial charge in [-0.05, 0) is 24.3 Å². The van der Waals surface area contributed by atoms with Crippen molar-refractivity contribution in [3.05, 3.63) is 67.8 Å². The summed E-state index contributed by atoms with van der Waals surface area (Å²) in [5.41, 5.74) is -2.16. The lowest BCUT2D eigenvalue weighted by Crippen LogP contribution is -2.02. The molecule has 25 heavy (non-hydrogen) atoms. The Labute approximate surface area is 138 Å². The summed E-state index contributed by atoms with van der Waals surface area (Å²) in [6.45, 7) is 0. The van der Waals surface area contributed by atoms with Crippen LogP contribution in [0.3, 0.4) is 0 Å². The molecule has 0 atom stereocenters. The number of rotatable bonds is 6. The molecule has 0 fully saturated rings. The number of hydrogen-bond donors (Lipinski definition) is 2. The highest BCUT2D eigenvalue weighted by Gasteiger charge is 2.24. The predicted octanol–water partition coefficient (Wildman–Crippen LogP) is 2.69. The van der Waals surface area contributed by atoms with Crippen molar-refractivity contribution < 1.29 is 34.4 Å². The van der Waals surface area contributed by atoms with E-state index in [4.69, 9.17) is 14.9 Å². The van der Waals surface area contributed by atoms with Gasteiger partial charge in [0, 0.05) is 12.1 Å². The largest absolute Gasteiger partial charge is 0.478 e. The standard InChI is InChI=1S/C14H8N2O9/c17-13(18)7-1-3-11(9(5-7)15(21)22)25-12-4-2-8(14(19)20)6-10(12)16(23)24/h1-6H,(H,17,18)(H,19,20). The summed E-state index contributed by atoms with van der Waals surface area (Å²) >= 11 is 0. The van der Waals surface area contributed by atoms with Crippen LogP contribution in [-0.2, 0) is 0 Å². The summed E-state index contributed by atoms with van der Waals surface area (Å²) in [6, 6.07) is 5.52. The molecule has 0 radical (unpaired) electrons. The zero-order valence-electron chi connectivity index (χ0n) is 12.1. The van der Waals surface area contributed by atoms with Gasteiger partial charge < -0.3 is 14.9 Å². The second-order valence-electron chi connectivity index (χ2n) is 4.59. The first-order valence-corrected chi connectivity index (χ1v) is 6.42. The molecule has 0 saturated heterocycles. The fraction of sp³-hybridized carbons (Fsp3) is 0. The van der Waals surface area contributed by atoms with Crippen LogP contribution >= 0.6 is 0 Å². The average molecular weight is 348 g/mol. The molecule has 2 aromatic rings. The van der Waals surface area contributed by atoms with E-state index in [0.29, 0.717) is 0 Å². The van der Waals surface area contributed by atoms with E-state index in [9.17, 15) is 29.8 Å². The zero-order valence-corrected chi connectivity index (χ0v) is 12.1. The van der Waals surface area contributed by atoms with Gasteiger partial charge in [0.25, 0.3) is 0 Å². The summed E-state index contributed by atoms with van der Waals surface area (Å²) in [5, 5.41) is 39.9. The van der Waals surface area contributed by atoms with Crippen LogP contribution in [0.4, 0.5) is 11.4 Å². The molecule has 2 N–H and O–H groups in total. The van der Waals surface area contributed by atoms with Gasteiger partial charge in [-0.25, -0.2) is 9.59 Å². The molecular weight excluding hydrogens is 340 g/mol. The van der Waals surface area contributed by atoms with Gasteiger partial charge in [-0.2, -0.15) is 0 Å². The number of hydrogen-bond acceptors (Lipinski definition) is 7. The molecule has 0 bridgehead atoms. The topological polar surface area (TPSA) is 170 Å². The van der Waals surface area contributed by atoms with Crippen LogP contribution in [0.25, 0.3) is 0 Å². The Morgan fingerprint density at radius 1 is 0.800 bits per heavy atom. The van der Waals surface area contributed by atoms with Crippen molar-refractivity contribution in [2.75, 3.05) is 0 Å². The Bertz CT molecular complexity index is 834. The SMILES string of the molecule is O=C(O)c1ccc(Oc2ccc(C(=O)O)cc2[N+](=O)[O-])c([N+](=O)[O-])c1. The number of carboxylic acid groups (broad SMARTS) is 2. The van der Waals surface area contributed by atoms with E-state index in [1.807, 2.05) is 0 Å². The van der Waals surface area contributed by atoms with E-state index in [2.05, 4.69) is 0 Å². The van der Waals surface area contributed by atoms with Crippen molar-refractivity contribution in [2.45, 2.75) is 0 Å². The van der Waals surface area contributed by atoms with Crippen molar-refractivity contribution in [2.24, 2.45) is 0 Å². The van der Waals surface area contributed by atoms with Crippen LogP contribution in [0.5, 0.6) is 11.5 Å². The normalized spacial score (nSPS) is 10.1. The van der Waals surface area contributed by atoms with Crippen molar-refractivity contribution in [3.63, 3.8) is 0 Å². The lowest BCUT2D eigenvalue weighted by molar-refractivity contribution is -0.387.